The topological polar surface area (TPSA) is 59.1 Å². The number of aromatic nitrogens is 1. The molecule has 0 aliphatic rings. The molecule has 0 aromatic carbocycles. The van der Waals surface area contributed by atoms with Gasteiger partial charge in [0.25, 0.3) is 0 Å². The highest BCUT2D eigenvalue weighted by atomic mass is 79.9. The third-order valence-corrected chi connectivity index (χ3v) is 2.93. The molecule has 0 saturated carbocycles. The molecule has 0 aliphatic heterocycles. The minimum atomic E-state index is -1.11. The zero-order chi connectivity index (χ0) is 10.9. The lowest BCUT2D eigenvalue weighted by atomic mass is 9.92. The van der Waals surface area contributed by atoms with Crippen LogP contribution in [0.2, 0.25) is 0 Å². The van der Waals surface area contributed by atoms with Gasteiger partial charge in [0.05, 0.1) is 12.1 Å². The number of halogens is 2. The van der Waals surface area contributed by atoms with Gasteiger partial charge in [0, 0.05) is 16.2 Å². The van der Waals surface area contributed by atoms with Crippen LogP contribution >= 0.6 is 15.9 Å². The lowest BCUT2D eigenvalue weighted by molar-refractivity contribution is 0.205. The molecule has 0 radical (unpaired) electrons. The van der Waals surface area contributed by atoms with E-state index in [-0.39, 0.29) is 12.2 Å². The van der Waals surface area contributed by atoms with Crippen molar-refractivity contribution in [3.8, 4) is 0 Å². The molecule has 1 aromatic rings. The molecule has 1 heterocycles. The third kappa shape index (κ3) is 1.94. The number of hydrogen-bond donors (Lipinski definition) is 2. The Hall–Kier alpha value is -0.520. The third-order valence-electron chi connectivity index (χ3n) is 2.13. The number of nitrogens with two attached hydrogens (primary N) is 1. The van der Waals surface area contributed by atoms with Crippen molar-refractivity contribution < 1.29 is 9.50 Å². The molecule has 14 heavy (non-hydrogen) atoms. The van der Waals surface area contributed by atoms with Crippen LogP contribution in [0.25, 0.3) is 0 Å². The molecule has 1 atom stereocenters. The zero-order valence-corrected chi connectivity index (χ0v) is 9.60. The van der Waals surface area contributed by atoms with E-state index < -0.39 is 11.5 Å². The molecule has 0 aliphatic carbocycles. The summed E-state index contributed by atoms with van der Waals surface area (Å²) in [6.07, 6.45) is 1.38. The van der Waals surface area contributed by atoms with E-state index in [1.165, 1.54) is 6.20 Å². The highest BCUT2D eigenvalue weighted by Crippen LogP contribution is 2.27. The van der Waals surface area contributed by atoms with E-state index in [0.717, 1.165) is 0 Å². The Morgan fingerprint density at radius 2 is 2.29 bits per heavy atom. The van der Waals surface area contributed by atoms with Crippen LogP contribution in [0.3, 0.4) is 0 Å². The molecule has 0 fully saturated rings. The molecule has 0 amide bonds. The molecular formula is C9H12BrFN2O. The van der Waals surface area contributed by atoms with Gasteiger partial charge in [-0.1, -0.05) is 0 Å². The Morgan fingerprint density at radius 3 is 2.79 bits per heavy atom. The summed E-state index contributed by atoms with van der Waals surface area (Å²) in [5.41, 5.74) is 5.56. The van der Waals surface area contributed by atoms with Crippen molar-refractivity contribution in [2.75, 3.05) is 6.61 Å². The average molecular weight is 263 g/mol. The van der Waals surface area contributed by atoms with Crippen LogP contribution in [0.1, 0.15) is 18.1 Å². The molecule has 78 valence electrons. The summed E-state index contributed by atoms with van der Waals surface area (Å²) in [5.74, 6) is -0.634. The fourth-order valence-corrected chi connectivity index (χ4v) is 1.59. The molecule has 5 heteroatoms. The second-order valence-corrected chi connectivity index (χ2v) is 4.33. The van der Waals surface area contributed by atoms with Gasteiger partial charge in [-0.3, -0.25) is 0 Å². The summed E-state index contributed by atoms with van der Waals surface area (Å²) in [5, 5.41) is 9.05. The smallest absolute Gasteiger partial charge is 0.218 e. The van der Waals surface area contributed by atoms with E-state index in [0.29, 0.717) is 10.0 Å². The second-order valence-electron chi connectivity index (χ2n) is 3.47. The molecular weight excluding hydrogens is 251 g/mol. The Labute approximate surface area is 90.3 Å². The van der Waals surface area contributed by atoms with Crippen molar-refractivity contribution in [2.24, 2.45) is 5.73 Å². The highest BCUT2D eigenvalue weighted by molar-refractivity contribution is 9.10. The van der Waals surface area contributed by atoms with Gasteiger partial charge in [-0.25, -0.2) is 4.98 Å². The highest BCUT2D eigenvalue weighted by Gasteiger charge is 2.27. The van der Waals surface area contributed by atoms with Crippen molar-refractivity contribution in [2.45, 2.75) is 19.4 Å². The van der Waals surface area contributed by atoms with Crippen LogP contribution in [0, 0.1) is 12.9 Å². The first-order chi connectivity index (χ1) is 6.40. The van der Waals surface area contributed by atoms with E-state index in [4.69, 9.17) is 10.8 Å². The number of pyridine rings is 1. The van der Waals surface area contributed by atoms with Gasteiger partial charge in [0.15, 0.2) is 0 Å². The predicted molar refractivity (Wildman–Crippen MR) is 55.3 cm³/mol. The maximum atomic E-state index is 13.4. The standard InChI is InChI=1S/C9H12BrFN2O/c1-5-6(10)3-13-8(11)7(5)9(2,12)4-14/h3,14H,4,12H2,1-2H3/t9-/m1/s1. The zero-order valence-electron chi connectivity index (χ0n) is 8.01. The number of nitrogens with zero attached hydrogens (tertiary/aromatic N) is 1. The quantitative estimate of drug-likeness (QED) is 0.794. The van der Waals surface area contributed by atoms with Crippen molar-refractivity contribution in [1.29, 1.82) is 0 Å². The minimum Gasteiger partial charge on any atom is -0.394 e. The maximum Gasteiger partial charge on any atom is 0.218 e. The Balaban J connectivity index is 3.40. The van der Waals surface area contributed by atoms with Crippen LogP contribution in [0.4, 0.5) is 4.39 Å². The van der Waals surface area contributed by atoms with Crippen LogP contribution in [-0.2, 0) is 5.54 Å². The van der Waals surface area contributed by atoms with E-state index in [9.17, 15) is 4.39 Å². The summed E-state index contributed by atoms with van der Waals surface area (Å²) in [6, 6.07) is 0. The molecule has 0 spiro atoms. The van der Waals surface area contributed by atoms with Crippen LogP contribution in [0.5, 0.6) is 0 Å². The summed E-state index contributed by atoms with van der Waals surface area (Å²) < 4.78 is 14.1. The summed E-state index contributed by atoms with van der Waals surface area (Å²) in [7, 11) is 0. The Morgan fingerprint density at radius 1 is 1.71 bits per heavy atom. The van der Waals surface area contributed by atoms with Crippen LogP contribution in [0.15, 0.2) is 10.7 Å². The Kier molecular flexibility index (Phi) is 3.24. The molecule has 0 bridgehead atoms. The fourth-order valence-electron chi connectivity index (χ4n) is 1.29. The number of rotatable bonds is 2. The molecule has 3 N–H and O–H groups in total. The molecule has 0 saturated heterocycles. The van der Waals surface area contributed by atoms with Gasteiger partial charge >= 0.3 is 0 Å². The van der Waals surface area contributed by atoms with Gasteiger partial charge in [0.1, 0.15) is 0 Å². The molecule has 3 nitrogen and oxygen atoms in total. The number of aliphatic hydroxyl groups excluding tert-OH is 1. The average Bonchev–Trinajstić information content (AvgIpc) is 2.12. The van der Waals surface area contributed by atoms with E-state index in [1.807, 2.05) is 0 Å². The SMILES string of the molecule is Cc1c(Br)cnc(F)c1[C@](C)(N)CO. The Bertz CT molecular complexity index is 355. The van der Waals surface area contributed by atoms with Crippen LogP contribution < -0.4 is 5.73 Å². The molecule has 1 aromatic heterocycles. The number of hydrogen-bond acceptors (Lipinski definition) is 3. The van der Waals surface area contributed by atoms with Crippen molar-refractivity contribution in [3.63, 3.8) is 0 Å². The fraction of sp³-hybridized carbons (Fsp3) is 0.444. The first-order valence-electron chi connectivity index (χ1n) is 4.11. The van der Waals surface area contributed by atoms with Gasteiger partial charge in [-0.05, 0) is 35.3 Å². The number of aliphatic hydroxyl groups is 1. The first kappa shape index (κ1) is 11.6. The van der Waals surface area contributed by atoms with Gasteiger partial charge in [-0.15, -0.1) is 0 Å². The predicted octanol–water partition coefficient (Wildman–Crippen LogP) is 1.46. The lowest BCUT2D eigenvalue weighted by Crippen LogP contribution is -2.39. The van der Waals surface area contributed by atoms with Gasteiger partial charge in [-0.2, -0.15) is 4.39 Å². The summed E-state index contributed by atoms with van der Waals surface area (Å²) >= 11 is 3.24. The maximum absolute atomic E-state index is 13.4. The minimum absolute atomic E-state index is 0.245. The summed E-state index contributed by atoms with van der Waals surface area (Å²) in [6.45, 7) is 2.96. The van der Waals surface area contributed by atoms with Crippen molar-refractivity contribution in [1.82, 2.24) is 4.98 Å². The van der Waals surface area contributed by atoms with Crippen molar-refractivity contribution >= 4 is 15.9 Å². The molecule has 0 unspecified atom stereocenters. The lowest BCUT2D eigenvalue weighted by Gasteiger charge is -2.24. The summed E-state index contributed by atoms with van der Waals surface area (Å²) in [4.78, 5) is 3.55. The van der Waals surface area contributed by atoms with Gasteiger partial charge < -0.3 is 10.8 Å². The second kappa shape index (κ2) is 3.92. The van der Waals surface area contributed by atoms with Gasteiger partial charge in [0.2, 0.25) is 5.95 Å². The monoisotopic (exact) mass is 262 g/mol. The van der Waals surface area contributed by atoms with E-state index in [1.54, 1.807) is 13.8 Å². The van der Waals surface area contributed by atoms with E-state index in [2.05, 4.69) is 20.9 Å². The normalized spacial score (nSPS) is 15.3. The largest absolute Gasteiger partial charge is 0.394 e. The first-order valence-corrected chi connectivity index (χ1v) is 4.90. The van der Waals surface area contributed by atoms with Crippen LogP contribution in [-0.4, -0.2) is 16.7 Å². The van der Waals surface area contributed by atoms with E-state index >= 15 is 0 Å². The molecule has 1 rings (SSSR count). The van der Waals surface area contributed by atoms with Crippen molar-refractivity contribution in [3.05, 3.63) is 27.7 Å².